The molecule has 0 aliphatic heterocycles. The normalized spacial score (nSPS) is 28.4. The first-order valence-electron chi connectivity index (χ1n) is 7.35. The van der Waals surface area contributed by atoms with Gasteiger partial charge >= 0.3 is 0 Å². The van der Waals surface area contributed by atoms with E-state index in [2.05, 4.69) is 6.92 Å². The first-order chi connectivity index (χ1) is 9.52. The summed E-state index contributed by atoms with van der Waals surface area (Å²) in [5.74, 6) is 0.109. The predicted octanol–water partition coefficient (Wildman–Crippen LogP) is 4.06. The lowest BCUT2D eigenvalue weighted by atomic mass is 9.64. The van der Waals surface area contributed by atoms with E-state index in [0.29, 0.717) is 18.0 Å². The molecule has 0 aromatic heterocycles. The molecular formula is C16H23ClFNO. The van der Waals surface area contributed by atoms with Crippen LogP contribution in [0.15, 0.2) is 18.2 Å². The van der Waals surface area contributed by atoms with Gasteiger partial charge in [0.25, 0.3) is 0 Å². The van der Waals surface area contributed by atoms with Crippen molar-refractivity contribution in [1.29, 1.82) is 0 Å². The molecule has 1 aliphatic rings. The van der Waals surface area contributed by atoms with Gasteiger partial charge in [-0.1, -0.05) is 43.9 Å². The SMILES string of the molecule is CCC1CCCC(CN)(C(O)c2ccc(Cl)c(F)c2)C1. The summed E-state index contributed by atoms with van der Waals surface area (Å²) >= 11 is 5.70. The van der Waals surface area contributed by atoms with Crippen LogP contribution in [0.4, 0.5) is 4.39 Å². The summed E-state index contributed by atoms with van der Waals surface area (Å²) in [4.78, 5) is 0. The largest absolute Gasteiger partial charge is 0.388 e. The summed E-state index contributed by atoms with van der Waals surface area (Å²) in [7, 11) is 0. The number of rotatable bonds is 4. The fraction of sp³-hybridized carbons (Fsp3) is 0.625. The molecule has 3 unspecified atom stereocenters. The second-order valence-corrected chi connectivity index (χ2v) is 6.42. The van der Waals surface area contributed by atoms with Crippen molar-refractivity contribution in [2.24, 2.45) is 17.1 Å². The molecule has 1 aromatic rings. The second-order valence-electron chi connectivity index (χ2n) is 6.01. The molecule has 3 atom stereocenters. The fourth-order valence-electron chi connectivity index (χ4n) is 3.45. The van der Waals surface area contributed by atoms with Gasteiger partial charge in [0.05, 0.1) is 11.1 Å². The van der Waals surface area contributed by atoms with Crippen molar-refractivity contribution in [2.75, 3.05) is 6.54 Å². The third-order valence-electron chi connectivity index (χ3n) is 4.81. The molecule has 0 saturated heterocycles. The van der Waals surface area contributed by atoms with E-state index >= 15 is 0 Å². The summed E-state index contributed by atoms with van der Waals surface area (Å²) < 4.78 is 13.6. The summed E-state index contributed by atoms with van der Waals surface area (Å²) in [5, 5.41) is 10.8. The number of hydrogen-bond donors (Lipinski definition) is 2. The van der Waals surface area contributed by atoms with Crippen LogP contribution in [-0.2, 0) is 0 Å². The Morgan fingerprint density at radius 1 is 1.55 bits per heavy atom. The second kappa shape index (κ2) is 6.42. The Morgan fingerprint density at radius 3 is 2.90 bits per heavy atom. The number of aliphatic hydroxyl groups is 1. The third-order valence-corrected chi connectivity index (χ3v) is 5.11. The molecule has 0 amide bonds. The van der Waals surface area contributed by atoms with Crippen molar-refractivity contribution in [1.82, 2.24) is 0 Å². The summed E-state index contributed by atoms with van der Waals surface area (Å²) in [6, 6.07) is 4.53. The lowest BCUT2D eigenvalue weighted by Gasteiger charge is -2.43. The molecule has 0 heterocycles. The van der Waals surface area contributed by atoms with Gasteiger partial charge in [-0.15, -0.1) is 0 Å². The van der Waals surface area contributed by atoms with E-state index in [1.54, 1.807) is 6.07 Å². The van der Waals surface area contributed by atoms with Gasteiger partial charge in [0.15, 0.2) is 0 Å². The molecule has 1 fully saturated rings. The topological polar surface area (TPSA) is 46.2 Å². The Labute approximate surface area is 125 Å². The van der Waals surface area contributed by atoms with Crippen molar-refractivity contribution in [3.05, 3.63) is 34.6 Å². The minimum atomic E-state index is -0.728. The number of aliphatic hydroxyl groups excluding tert-OH is 1. The van der Waals surface area contributed by atoms with E-state index < -0.39 is 11.9 Å². The Morgan fingerprint density at radius 2 is 2.30 bits per heavy atom. The molecule has 0 radical (unpaired) electrons. The van der Waals surface area contributed by atoms with Crippen molar-refractivity contribution in [2.45, 2.75) is 45.1 Å². The van der Waals surface area contributed by atoms with Crippen molar-refractivity contribution >= 4 is 11.6 Å². The van der Waals surface area contributed by atoms with E-state index in [4.69, 9.17) is 17.3 Å². The van der Waals surface area contributed by atoms with Gasteiger partial charge in [-0.2, -0.15) is 0 Å². The van der Waals surface area contributed by atoms with E-state index in [-0.39, 0.29) is 10.4 Å². The molecule has 20 heavy (non-hydrogen) atoms. The molecule has 0 spiro atoms. The number of benzene rings is 1. The Bertz CT molecular complexity index is 468. The highest BCUT2D eigenvalue weighted by atomic mass is 35.5. The van der Waals surface area contributed by atoms with Crippen LogP contribution >= 0.6 is 11.6 Å². The molecule has 112 valence electrons. The van der Waals surface area contributed by atoms with Gasteiger partial charge < -0.3 is 10.8 Å². The van der Waals surface area contributed by atoms with E-state index in [1.807, 2.05) is 0 Å². The highest BCUT2D eigenvalue weighted by molar-refractivity contribution is 6.30. The zero-order valence-electron chi connectivity index (χ0n) is 11.9. The van der Waals surface area contributed by atoms with Gasteiger partial charge in [0.1, 0.15) is 5.82 Å². The van der Waals surface area contributed by atoms with Crippen LogP contribution in [0.3, 0.4) is 0 Å². The van der Waals surface area contributed by atoms with Crippen LogP contribution in [0.25, 0.3) is 0 Å². The molecule has 2 nitrogen and oxygen atoms in total. The molecule has 3 N–H and O–H groups in total. The quantitative estimate of drug-likeness (QED) is 0.881. The highest BCUT2D eigenvalue weighted by Gasteiger charge is 2.41. The maximum atomic E-state index is 13.6. The molecule has 2 rings (SSSR count). The van der Waals surface area contributed by atoms with Gasteiger partial charge in [-0.05, 0) is 36.5 Å². The van der Waals surface area contributed by atoms with Crippen LogP contribution in [-0.4, -0.2) is 11.7 Å². The minimum absolute atomic E-state index is 0.0813. The molecule has 0 bridgehead atoms. The zero-order valence-corrected chi connectivity index (χ0v) is 12.7. The maximum absolute atomic E-state index is 13.6. The molecular weight excluding hydrogens is 277 g/mol. The summed E-state index contributed by atoms with van der Waals surface area (Å²) in [6.07, 6.45) is 4.44. The Balaban J connectivity index is 2.27. The van der Waals surface area contributed by atoms with E-state index in [9.17, 15) is 9.50 Å². The average Bonchev–Trinajstić information content (AvgIpc) is 2.49. The summed E-state index contributed by atoms with van der Waals surface area (Å²) in [5.41, 5.74) is 6.23. The van der Waals surface area contributed by atoms with Gasteiger partial charge in [0, 0.05) is 12.0 Å². The standard InChI is InChI=1S/C16H23ClFNO/c1-2-11-4-3-7-16(9-11,10-19)15(20)12-5-6-13(17)14(18)8-12/h5-6,8,11,15,20H,2-4,7,9-10,19H2,1H3. The zero-order chi connectivity index (χ0) is 14.8. The van der Waals surface area contributed by atoms with Gasteiger partial charge in [-0.25, -0.2) is 4.39 Å². The van der Waals surface area contributed by atoms with Crippen LogP contribution in [0, 0.1) is 17.2 Å². The lowest BCUT2D eigenvalue weighted by molar-refractivity contribution is -0.0163. The third kappa shape index (κ3) is 3.00. The van der Waals surface area contributed by atoms with E-state index in [0.717, 1.165) is 25.7 Å². The minimum Gasteiger partial charge on any atom is -0.388 e. The van der Waals surface area contributed by atoms with Crippen LogP contribution < -0.4 is 5.73 Å². The van der Waals surface area contributed by atoms with Crippen molar-refractivity contribution in [3.8, 4) is 0 Å². The Hall–Kier alpha value is -0.640. The highest BCUT2D eigenvalue weighted by Crippen LogP contribution is 2.48. The van der Waals surface area contributed by atoms with Crippen molar-refractivity contribution < 1.29 is 9.50 Å². The van der Waals surface area contributed by atoms with Crippen LogP contribution in [0.1, 0.15) is 50.7 Å². The van der Waals surface area contributed by atoms with Crippen molar-refractivity contribution in [3.63, 3.8) is 0 Å². The van der Waals surface area contributed by atoms with Crippen LogP contribution in [0.5, 0.6) is 0 Å². The molecule has 1 saturated carbocycles. The number of hydrogen-bond acceptors (Lipinski definition) is 2. The molecule has 1 aliphatic carbocycles. The Kier molecular flexibility index (Phi) is 5.05. The number of halogens is 2. The van der Waals surface area contributed by atoms with Gasteiger partial charge in [0.2, 0.25) is 0 Å². The average molecular weight is 300 g/mol. The maximum Gasteiger partial charge on any atom is 0.142 e. The van der Waals surface area contributed by atoms with Crippen LogP contribution in [0.2, 0.25) is 5.02 Å². The molecule has 1 aromatic carbocycles. The number of nitrogens with two attached hydrogens (primary N) is 1. The fourth-order valence-corrected chi connectivity index (χ4v) is 3.57. The van der Waals surface area contributed by atoms with E-state index in [1.165, 1.54) is 18.6 Å². The first-order valence-corrected chi connectivity index (χ1v) is 7.73. The lowest BCUT2D eigenvalue weighted by Crippen LogP contribution is -2.41. The van der Waals surface area contributed by atoms with Gasteiger partial charge in [-0.3, -0.25) is 0 Å². The molecule has 4 heteroatoms. The summed E-state index contributed by atoms with van der Waals surface area (Å²) in [6.45, 7) is 2.60. The smallest absolute Gasteiger partial charge is 0.142 e. The monoisotopic (exact) mass is 299 g/mol. The first kappa shape index (κ1) is 15.7. The predicted molar refractivity (Wildman–Crippen MR) is 80.1 cm³/mol.